The van der Waals surface area contributed by atoms with Crippen molar-refractivity contribution in [3.8, 4) is 0 Å². The smallest absolute Gasteiger partial charge is 0.239 e. The number of carbonyl (C=O) groups is 2. The first-order valence-electron chi connectivity index (χ1n) is 7.05. The molecule has 0 spiro atoms. The highest BCUT2D eigenvalue weighted by Crippen LogP contribution is 2.02. The number of carbonyl (C=O) groups excluding carboxylic acids is 2. The molecular formula is C15H21N3O2. The van der Waals surface area contributed by atoms with Gasteiger partial charge in [0.25, 0.3) is 0 Å². The van der Waals surface area contributed by atoms with E-state index in [0.29, 0.717) is 19.0 Å². The number of nitrogens with one attached hydrogen (secondary N) is 3. The summed E-state index contributed by atoms with van der Waals surface area (Å²) in [6.45, 7) is 1.69. The normalized spacial score (nSPS) is 17.7. The van der Waals surface area contributed by atoms with E-state index in [9.17, 15) is 9.59 Å². The van der Waals surface area contributed by atoms with E-state index in [1.54, 1.807) is 0 Å². The second-order valence-corrected chi connectivity index (χ2v) is 5.04. The van der Waals surface area contributed by atoms with Crippen LogP contribution < -0.4 is 16.0 Å². The minimum Gasteiger partial charge on any atom is -0.353 e. The minimum atomic E-state index is -0.139. The lowest BCUT2D eigenvalue weighted by Gasteiger charge is -2.11. The van der Waals surface area contributed by atoms with Crippen molar-refractivity contribution in [1.29, 1.82) is 0 Å². The lowest BCUT2D eigenvalue weighted by molar-refractivity contribution is -0.125. The highest BCUT2D eigenvalue weighted by molar-refractivity contribution is 5.85. The van der Waals surface area contributed by atoms with Crippen LogP contribution in [0.2, 0.25) is 0 Å². The topological polar surface area (TPSA) is 70.2 Å². The third-order valence-electron chi connectivity index (χ3n) is 3.36. The standard InChI is InChI=1S/C15H21N3O2/c19-14(9-12-5-2-1-3-6-12)18-11-15(20)17-10-13-7-4-8-16-13/h1-3,5-6,13,16H,4,7-11H2,(H,17,20)(H,18,19). The number of rotatable bonds is 6. The van der Waals surface area contributed by atoms with Crippen molar-refractivity contribution in [3.63, 3.8) is 0 Å². The van der Waals surface area contributed by atoms with Crippen molar-refractivity contribution >= 4 is 11.8 Å². The Labute approximate surface area is 119 Å². The third kappa shape index (κ3) is 5.01. The van der Waals surface area contributed by atoms with Gasteiger partial charge in [-0.25, -0.2) is 0 Å². The molecule has 1 aromatic rings. The van der Waals surface area contributed by atoms with Gasteiger partial charge in [0.05, 0.1) is 13.0 Å². The predicted octanol–water partition coefficient (Wildman–Crippen LogP) is 0.214. The summed E-state index contributed by atoms with van der Waals surface area (Å²) in [6.07, 6.45) is 2.56. The first kappa shape index (κ1) is 14.5. The summed E-state index contributed by atoms with van der Waals surface area (Å²) in [5.74, 6) is -0.273. The number of benzene rings is 1. The molecule has 1 aromatic carbocycles. The molecule has 2 amide bonds. The zero-order chi connectivity index (χ0) is 14.2. The van der Waals surface area contributed by atoms with Gasteiger partial charge in [-0.05, 0) is 24.9 Å². The average Bonchev–Trinajstić information content (AvgIpc) is 2.97. The van der Waals surface area contributed by atoms with Crippen LogP contribution in [0.1, 0.15) is 18.4 Å². The molecule has 5 heteroatoms. The Morgan fingerprint density at radius 2 is 1.95 bits per heavy atom. The molecule has 1 atom stereocenters. The lowest BCUT2D eigenvalue weighted by atomic mass is 10.1. The van der Waals surface area contributed by atoms with E-state index in [-0.39, 0.29) is 18.4 Å². The van der Waals surface area contributed by atoms with Crippen molar-refractivity contribution < 1.29 is 9.59 Å². The van der Waals surface area contributed by atoms with Crippen LogP contribution in [0.15, 0.2) is 30.3 Å². The van der Waals surface area contributed by atoms with Crippen LogP contribution in [0.3, 0.4) is 0 Å². The zero-order valence-corrected chi connectivity index (χ0v) is 11.5. The van der Waals surface area contributed by atoms with E-state index >= 15 is 0 Å². The maximum absolute atomic E-state index is 11.7. The molecule has 0 radical (unpaired) electrons. The summed E-state index contributed by atoms with van der Waals surface area (Å²) in [4.78, 5) is 23.3. The van der Waals surface area contributed by atoms with E-state index in [0.717, 1.165) is 24.9 Å². The molecule has 1 fully saturated rings. The second-order valence-electron chi connectivity index (χ2n) is 5.04. The Kier molecular flexibility index (Phi) is 5.55. The average molecular weight is 275 g/mol. The summed E-state index contributed by atoms with van der Waals surface area (Å²) < 4.78 is 0. The molecule has 3 N–H and O–H groups in total. The van der Waals surface area contributed by atoms with Gasteiger partial charge in [-0.1, -0.05) is 30.3 Å². The molecule has 0 aliphatic carbocycles. The highest BCUT2D eigenvalue weighted by atomic mass is 16.2. The molecule has 1 aliphatic heterocycles. The van der Waals surface area contributed by atoms with Crippen molar-refractivity contribution in [3.05, 3.63) is 35.9 Å². The predicted molar refractivity (Wildman–Crippen MR) is 77.2 cm³/mol. The molecule has 0 aromatic heterocycles. The molecular weight excluding hydrogens is 254 g/mol. The lowest BCUT2D eigenvalue weighted by Crippen LogP contribution is -2.42. The number of amides is 2. The molecule has 108 valence electrons. The molecule has 20 heavy (non-hydrogen) atoms. The Bertz CT molecular complexity index is 442. The van der Waals surface area contributed by atoms with Gasteiger partial charge in [0.2, 0.25) is 11.8 Å². The van der Waals surface area contributed by atoms with Crippen LogP contribution >= 0.6 is 0 Å². The quantitative estimate of drug-likeness (QED) is 0.695. The van der Waals surface area contributed by atoms with Crippen molar-refractivity contribution in [2.45, 2.75) is 25.3 Å². The number of hydrogen-bond acceptors (Lipinski definition) is 3. The van der Waals surface area contributed by atoms with Gasteiger partial charge in [-0.3, -0.25) is 9.59 Å². The Hall–Kier alpha value is -1.88. The van der Waals surface area contributed by atoms with Crippen LogP contribution in [0, 0.1) is 0 Å². The first-order chi connectivity index (χ1) is 9.74. The van der Waals surface area contributed by atoms with Gasteiger partial charge < -0.3 is 16.0 Å². The minimum absolute atomic E-state index is 0.0401. The summed E-state index contributed by atoms with van der Waals surface area (Å²) in [5, 5.41) is 8.77. The number of hydrogen-bond donors (Lipinski definition) is 3. The maximum atomic E-state index is 11.7. The summed E-state index contributed by atoms with van der Waals surface area (Å²) >= 11 is 0. The fourth-order valence-corrected chi connectivity index (χ4v) is 2.25. The Balaban J connectivity index is 1.61. The first-order valence-corrected chi connectivity index (χ1v) is 7.05. The largest absolute Gasteiger partial charge is 0.353 e. The summed E-state index contributed by atoms with van der Waals surface area (Å²) in [5.41, 5.74) is 0.945. The molecule has 1 aliphatic rings. The van der Waals surface area contributed by atoms with E-state index in [2.05, 4.69) is 16.0 Å². The molecule has 2 rings (SSSR count). The van der Waals surface area contributed by atoms with Gasteiger partial charge in [0.1, 0.15) is 0 Å². The Morgan fingerprint density at radius 3 is 2.65 bits per heavy atom. The van der Waals surface area contributed by atoms with Gasteiger partial charge in [-0.15, -0.1) is 0 Å². The monoisotopic (exact) mass is 275 g/mol. The maximum Gasteiger partial charge on any atom is 0.239 e. The molecule has 1 saturated heterocycles. The fourth-order valence-electron chi connectivity index (χ4n) is 2.25. The van der Waals surface area contributed by atoms with E-state index in [4.69, 9.17) is 0 Å². The molecule has 1 heterocycles. The molecule has 0 bridgehead atoms. The SMILES string of the molecule is O=C(CNC(=O)Cc1ccccc1)NCC1CCCN1. The van der Waals surface area contributed by atoms with Gasteiger partial charge in [0, 0.05) is 12.6 Å². The zero-order valence-electron chi connectivity index (χ0n) is 11.5. The summed E-state index contributed by atoms with van der Waals surface area (Å²) in [7, 11) is 0. The highest BCUT2D eigenvalue weighted by Gasteiger charge is 2.14. The van der Waals surface area contributed by atoms with Crippen molar-refractivity contribution in [2.75, 3.05) is 19.6 Å². The van der Waals surface area contributed by atoms with Crippen LogP contribution in [-0.4, -0.2) is 37.5 Å². The van der Waals surface area contributed by atoms with Crippen molar-refractivity contribution in [2.24, 2.45) is 0 Å². The van der Waals surface area contributed by atoms with Crippen LogP contribution in [0.5, 0.6) is 0 Å². The van der Waals surface area contributed by atoms with E-state index in [1.807, 2.05) is 30.3 Å². The third-order valence-corrected chi connectivity index (χ3v) is 3.36. The molecule has 5 nitrogen and oxygen atoms in total. The summed E-state index contributed by atoms with van der Waals surface area (Å²) in [6, 6.07) is 9.86. The van der Waals surface area contributed by atoms with Crippen molar-refractivity contribution in [1.82, 2.24) is 16.0 Å². The molecule has 0 saturated carbocycles. The molecule has 1 unspecified atom stereocenters. The van der Waals surface area contributed by atoms with E-state index < -0.39 is 0 Å². The van der Waals surface area contributed by atoms with Crippen LogP contribution in [-0.2, 0) is 16.0 Å². The van der Waals surface area contributed by atoms with Gasteiger partial charge in [-0.2, -0.15) is 0 Å². The second kappa shape index (κ2) is 7.65. The van der Waals surface area contributed by atoms with Crippen LogP contribution in [0.4, 0.5) is 0 Å². The van der Waals surface area contributed by atoms with Gasteiger partial charge >= 0.3 is 0 Å². The van der Waals surface area contributed by atoms with Gasteiger partial charge in [0.15, 0.2) is 0 Å². The van der Waals surface area contributed by atoms with Crippen LogP contribution in [0.25, 0.3) is 0 Å². The Morgan fingerprint density at radius 1 is 1.15 bits per heavy atom. The van der Waals surface area contributed by atoms with E-state index in [1.165, 1.54) is 0 Å². The fraction of sp³-hybridized carbons (Fsp3) is 0.467.